The van der Waals surface area contributed by atoms with E-state index in [1.54, 1.807) is 0 Å². The first-order chi connectivity index (χ1) is 12.9. The summed E-state index contributed by atoms with van der Waals surface area (Å²) in [5.74, 6) is 0. The van der Waals surface area contributed by atoms with Crippen molar-refractivity contribution in [1.82, 2.24) is 0 Å². The summed E-state index contributed by atoms with van der Waals surface area (Å²) < 4.78 is 10.8. The van der Waals surface area contributed by atoms with E-state index in [2.05, 4.69) is 20.1 Å². The van der Waals surface area contributed by atoms with Gasteiger partial charge >= 0.3 is 0 Å². The lowest BCUT2D eigenvalue weighted by Crippen LogP contribution is -2.60. The quantitative estimate of drug-likeness (QED) is 0.161. The summed E-state index contributed by atoms with van der Waals surface area (Å²) in [5, 5.41) is 66.0. The third-order valence-electron chi connectivity index (χ3n) is 4.34. The largest absolute Gasteiger partial charge is 0.394 e. The number of azide groups is 2. The van der Waals surface area contributed by atoms with Crippen LogP contribution in [0, 0.1) is 0 Å². The summed E-state index contributed by atoms with van der Waals surface area (Å²) in [6.07, 6.45) is -8.30. The number of hydrogen-bond donors (Lipinski definition) is 6. The molecule has 2 saturated heterocycles. The van der Waals surface area contributed by atoms with Crippen LogP contribution in [0.3, 0.4) is 0 Å². The monoisotopic (exact) mass is 408 g/mol. The molecule has 0 spiro atoms. The van der Waals surface area contributed by atoms with Crippen molar-refractivity contribution < 1.29 is 40.1 Å². The molecule has 0 aromatic carbocycles. The van der Waals surface area contributed by atoms with E-state index in [1.807, 2.05) is 0 Å². The number of hydrogen-bond acceptors (Lipinski definition) is 11. The van der Waals surface area contributed by atoms with Gasteiger partial charge in [-0.15, -0.1) is 0 Å². The van der Waals surface area contributed by atoms with Crippen molar-refractivity contribution in [3.8, 4) is 0 Å². The first kappa shape index (κ1) is 21.9. The van der Waals surface area contributed by atoms with Crippen LogP contribution in [0.1, 0.15) is 0 Å². The van der Waals surface area contributed by atoms with Gasteiger partial charge in [0.15, 0.2) is 0 Å². The molecule has 2 aliphatic rings. The molecule has 6 unspecified atom stereocenters. The van der Waals surface area contributed by atoms with E-state index in [0.29, 0.717) is 11.8 Å². The summed E-state index contributed by atoms with van der Waals surface area (Å²) in [7, 11) is 0. The Hall–Kier alpha value is -1.35. The van der Waals surface area contributed by atoms with Crippen LogP contribution >= 0.6 is 11.8 Å². The average molecular weight is 408 g/mol. The third-order valence-corrected chi connectivity index (χ3v) is 5.65. The Balaban J connectivity index is 2.21. The van der Waals surface area contributed by atoms with Crippen LogP contribution in [0.5, 0.6) is 0 Å². The highest BCUT2D eigenvalue weighted by Crippen LogP contribution is 2.37. The number of aliphatic hydroxyl groups excluding tert-OH is 6. The van der Waals surface area contributed by atoms with Gasteiger partial charge in [-0.25, -0.2) is 0 Å². The Morgan fingerprint density at radius 1 is 0.741 bits per heavy atom. The van der Waals surface area contributed by atoms with Crippen molar-refractivity contribution in [2.45, 2.75) is 59.6 Å². The predicted octanol–water partition coefficient (Wildman–Crippen LogP) is -2.04. The van der Waals surface area contributed by atoms with E-state index in [9.17, 15) is 30.6 Å². The number of nitrogens with zero attached hydrogens (tertiary/aromatic N) is 6. The molecule has 2 rings (SSSR count). The van der Waals surface area contributed by atoms with E-state index < -0.39 is 72.8 Å². The molecular formula is C12H20N6O8S. The molecular weight excluding hydrogens is 388 g/mol. The van der Waals surface area contributed by atoms with E-state index in [1.165, 1.54) is 0 Å². The molecule has 2 aliphatic heterocycles. The van der Waals surface area contributed by atoms with Gasteiger partial charge in [0.1, 0.15) is 35.3 Å². The summed E-state index contributed by atoms with van der Waals surface area (Å²) in [4.78, 5) is 5.11. The van der Waals surface area contributed by atoms with Gasteiger partial charge in [-0.2, -0.15) is 0 Å². The maximum absolute atomic E-state index is 10.3. The minimum absolute atomic E-state index is 0.629. The fraction of sp³-hybridized carbons (Fsp3) is 1.00. The maximum atomic E-state index is 10.3. The highest BCUT2D eigenvalue weighted by molar-refractivity contribution is 8.00. The smallest absolute Gasteiger partial charge is 0.132 e. The molecule has 0 aromatic rings. The van der Waals surface area contributed by atoms with E-state index in [4.69, 9.17) is 20.5 Å². The SMILES string of the molecule is [N-]=[N+]=NC1[C@@H](O)C(CO)OC(S[C@@H]2OC(CO)C(O)[C@H](N=[N+]=[N-])C2O)[C@@H]1O. The van der Waals surface area contributed by atoms with Crippen molar-refractivity contribution >= 4 is 11.8 Å². The highest BCUT2D eigenvalue weighted by Gasteiger charge is 2.49. The molecule has 2 fully saturated rings. The standard InChI is InChI=1S/C12H20N6O8S/c13-17-15-5-7(21)3(1-19)25-11(9(5)23)27-12-10(24)6(16-18-14)8(22)4(2-20)26-12/h3-12,19-24H,1-2H2/t3?,4?,5-,6?,7?,8-,9?,10+,11-,12?/m0/s1. The molecule has 0 aromatic heterocycles. The van der Waals surface area contributed by atoms with Gasteiger partial charge in [-0.1, -0.05) is 22.0 Å². The molecule has 0 saturated carbocycles. The zero-order chi connectivity index (χ0) is 20.1. The third kappa shape index (κ3) is 4.56. The number of ether oxygens (including phenoxy) is 2. The Bertz CT molecular complexity index is 554. The van der Waals surface area contributed by atoms with Gasteiger partial charge in [0, 0.05) is 9.82 Å². The number of thioether (sulfide) groups is 1. The molecule has 152 valence electrons. The van der Waals surface area contributed by atoms with Gasteiger partial charge in [0.05, 0.1) is 37.5 Å². The lowest BCUT2D eigenvalue weighted by Gasteiger charge is -2.44. The molecule has 0 bridgehead atoms. The van der Waals surface area contributed by atoms with Crippen molar-refractivity contribution in [1.29, 1.82) is 0 Å². The lowest BCUT2D eigenvalue weighted by atomic mass is 9.98. The molecule has 15 heteroatoms. The molecule has 0 aliphatic carbocycles. The molecule has 0 amide bonds. The highest BCUT2D eigenvalue weighted by atomic mass is 32.2. The van der Waals surface area contributed by atoms with Gasteiger partial charge in [0.2, 0.25) is 0 Å². The molecule has 27 heavy (non-hydrogen) atoms. The second-order valence-corrected chi connectivity index (χ2v) is 7.14. The van der Waals surface area contributed by atoms with Crippen LogP contribution in [0.4, 0.5) is 0 Å². The van der Waals surface area contributed by atoms with E-state index >= 15 is 0 Å². The zero-order valence-electron chi connectivity index (χ0n) is 13.8. The Morgan fingerprint density at radius 3 is 1.41 bits per heavy atom. The van der Waals surface area contributed by atoms with E-state index in [0.717, 1.165) is 0 Å². The predicted molar refractivity (Wildman–Crippen MR) is 89.0 cm³/mol. The Morgan fingerprint density at radius 2 is 1.11 bits per heavy atom. The van der Waals surface area contributed by atoms with Gasteiger partial charge in [-0.3, -0.25) is 0 Å². The van der Waals surface area contributed by atoms with Crippen molar-refractivity contribution in [2.24, 2.45) is 10.2 Å². The normalized spacial score (nSPS) is 44.8. The second-order valence-electron chi connectivity index (χ2n) is 5.94. The zero-order valence-corrected chi connectivity index (χ0v) is 14.6. The van der Waals surface area contributed by atoms with Crippen LogP contribution in [0.25, 0.3) is 20.9 Å². The minimum Gasteiger partial charge on any atom is -0.394 e. The first-order valence-electron chi connectivity index (χ1n) is 7.88. The molecule has 0 radical (unpaired) electrons. The molecule has 14 nitrogen and oxygen atoms in total. The van der Waals surface area contributed by atoms with Gasteiger partial charge < -0.3 is 40.1 Å². The fourth-order valence-corrected chi connectivity index (χ4v) is 4.21. The molecule has 10 atom stereocenters. The molecule has 6 N–H and O–H groups in total. The Labute approximate surface area is 156 Å². The summed E-state index contributed by atoms with van der Waals surface area (Å²) in [5.41, 5.74) is 14.8. The number of aliphatic hydroxyl groups is 6. The molecule has 2 heterocycles. The second kappa shape index (κ2) is 9.73. The number of rotatable bonds is 6. The van der Waals surface area contributed by atoms with Crippen molar-refractivity contribution in [2.75, 3.05) is 13.2 Å². The van der Waals surface area contributed by atoms with Gasteiger partial charge in [0.25, 0.3) is 0 Å². The summed E-state index contributed by atoms with van der Waals surface area (Å²) in [6, 6.07) is -2.66. The summed E-state index contributed by atoms with van der Waals surface area (Å²) in [6.45, 7) is -1.26. The minimum atomic E-state index is -1.52. The maximum Gasteiger partial charge on any atom is 0.132 e. The Kier molecular flexibility index (Phi) is 7.91. The van der Waals surface area contributed by atoms with Crippen LogP contribution in [-0.4, -0.2) is 103 Å². The average Bonchev–Trinajstić information content (AvgIpc) is 2.66. The van der Waals surface area contributed by atoms with E-state index in [-0.39, 0.29) is 0 Å². The lowest BCUT2D eigenvalue weighted by molar-refractivity contribution is -0.170. The van der Waals surface area contributed by atoms with Gasteiger partial charge in [-0.05, 0) is 11.1 Å². The van der Waals surface area contributed by atoms with Crippen molar-refractivity contribution in [3.05, 3.63) is 20.9 Å². The van der Waals surface area contributed by atoms with Crippen LogP contribution in [0.2, 0.25) is 0 Å². The van der Waals surface area contributed by atoms with Crippen molar-refractivity contribution in [3.63, 3.8) is 0 Å². The summed E-state index contributed by atoms with van der Waals surface area (Å²) >= 11 is 0.704. The fourth-order valence-electron chi connectivity index (χ4n) is 2.88. The van der Waals surface area contributed by atoms with Crippen LogP contribution in [-0.2, 0) is 9.47 Å². The topological polar surface area (TPSA) is 237 Å². The van der Waals surface area contributed by atoms with Crippen LogP contribution < -0.4 is 0 Å². The van der Waals surface area contributed by atoms with Crippen LogP contribution in [0.15, 0.2) is 10.2 Å². The first-order valence-corrected chi connectivity index (χ1v) is 8.82.